The fourth-order valence-corrected chi connectivity index (χ4v) is 4.17. The van der Waals surface area contributed by atoms with E-state index in [0.717, 1.165) is 18.7 Å². The van der Waals surface area contributed by atoms with E-state index in [0.29, 0.717) is 23.2 Å². The molecule has 2 N–H and O–H groups in total. The molecule has 2 aromatic carbocycles. The van der Waals surface area contributed by atoms with Crippen LogP contribution in [-0.4, -0.2) is 41.3 Å². The smallest absolute Gasteiger partial charge is 0.343 e. The van der Waals surface area contributed by atoms with Gasteiger partial charge in [0, 0.05) is 31.0 Å². The number of fused-ring (bicyclic) bond motifs is 1. The summed E-state index contributed by atoms with van der Waals surface area (Å²) in [6, 6.07) is 16.5. The predicted octanol–water partition coefficient (Wildman–Crippen LogP) is 4.10. The first-order valence-electron chi connectivity index (χ1n) is 11.2. The van der Waals surface area contributed by atoms with Crippen LogP contribution in [0, 0.1) is 5.92 Å². The van der Waals surface area contributed by atoms with Crippen LogP contribution in [-0.2, 0) is 4.79 Å². The Hall–Kier alpha value is -3.45. The SMILES string of the molecule is CCN(CC)C[C@H](/C(C)=N\NC(C)=O)[C@H](c1ccccc1)c1c(O)c2ccccc2oc1=O. The Bertz CT molecular complexity index is 1180. The third kappa shape index (κ3) is 5.49. The number of aromatic hydroxyl groups is 1. The molecule has 1 heterocycles. The number of carbonyl (C=O) groups is 1. The van der Waals surface area contributed by atoms with Crippen LogP contribution in [0.2, 0.25) is 0 Å². The maximum atomic E-state index is 13.2. The van der Waals surface area contributed by atoms with Crippen molar-refractivity contribution in [3.63, 3.8) is 0 Å². The number of rotatable bonds is 9. The summed E-state index contributed by atoms with van der Waals surface area (Å²) in [5.74, 6) is -1.22. The molecule has 3 rings (SSSR count). The molecule has 0 saturated heterocycles. The number of nitrogens with one attached hydrogen (secondary N) is 1. The minimum absolute atomic E-state index is 0.0902. The molecule has 1 aromatic heterocycles. The van der Waals surface area contributed by atoms with Gasteiger partial charge in [-0.25, -0.2) is 10.2 Å². The molecular formula is C26H31N3O4. The van der Waals surface area contributed by atoms with Gasteiger partial charge in [-0.3, -0.25) is 4.79 Å². The van der Waals surface area contributed by atoms with E-state index in [1.54, 1.807) is 24.3 Å². The first-order chi connectivity index (χ1) is 15.9. The van der Waals surface area contributed by atoms with E-state index in [1.807, 2.05) is 37.3 Å². The van der Waals surface area contributed by atoms with Gasteiger partial charge in [0.25, 0.3) is 0 Å². The van der Waals surface area contributed by atoms with E-state index in [1.165, 1.54) is 6.92 Å². The van der Waals surface area contributed by atoms with Crippen molar-refractivity contribution >= 4 is 22.6 Å². The quantitative estimate of drug-likeness (QED) is 0.291. The van der Waals surface area contributed by atoms with Gasteiger partial charge in [0.15, 0.2) is 0 Å². The van der Waals surface area contributed by atoms with Gasteiger partial charge in [-0.2, -0.15) is 5.10 Å². The highest BCUT2D eigenvalue weighted by molar-refractivity contribution is 5.89. The van der Waals surface area contributed by atoms with E-state index in [2.05, 4.69) is 29.3 Å². The summed E-state index contributed by atoms with van der Waals surface area (Å²) in [5, 5.41) is 16.1. The molecule has 7 heteroatoms. The van der Waals surface area contributed by atoms with Gasteiger partial charge in [0.1, 0.15) is 11.3 Å². The van der Waals surface area contributed by atoms with Crippen LogP contribution in [0.4, 0.5) is 0 Å². The Morgan fingerprint density at radius 2 is 1.70 bits per heavy atom. The molecule has 0 aliphatic rings. The van der Waals surface area contributed by atoms with Gasteiger partial charge in [0.2, 0.25) is 5.91 Å². The molecule has 1 amide bonds. The van der Waals surface area contributed by atoms with Gasteiger partial charge in [-0.1, -0.05) is 56.3 Å². The van der Waals surface area contributed by atoms with Gasteiger partial charge < -0.3 is 14.4 Å². The molecule has 0 spiro atoms. The molecule has 0 aliphatic heterocycles. The maximum absolute atomic E-state index is 13.2. The second kappa shape index (κ2) is 10.9. The number of benzene rings is 2. The minimum atomic E-state index is -0.586. The van der Waals surface area contributed by atoms with Crippen molar-refractivity contribution in [3.8, 4) is 5.75 Å². The van der Waals surface area contributed by atoms with Gasteiger partial charge in [-0.05, 0) is 37.7 Å². The summed E-state index contributed by atoms with van der Waals surface area (Å²) >= 11 is 0. The van der Waals surface area contributed by atoms with Crippen LogP contribution in [0.3, 0.4) is 0 Å². The molecule has 0 fully saturated rings. The lowest BCUT2D eigenvalue weighted by molar-refractivity contribution is -0.118. The molecule has 0 aliphatic carbocycles. The molecule has 0 radical (unpaired) electrons. The monoisotopic (exact) mass is 449 g/mol. The third-order valence-electron chi connectivity index (χ3n) is 5.97. The lowest BCUT2D eigenvalue weighted by Gasteiger charge is -2.32. The Labute approximate surface area is 193 Å². The van der Waals surface area contributed by atoms with Crippen LogP contribution in [0.25, 0.3) is 11.0 Å². The van der Waals surface area contributed by atoms with Crippen molar-refractivity contribution in [2.24, 2.45) is 11.0 Å². The molecule has 2 atom stereocenters. The van der Waals surface area contributed by atoms with Gasteiger partial charge >= 0.3 is 5.63 Å². The van der Waals surface area contributed by atoms with Crippen molar-refractivity contribution in [3.05, 3.63) is 76.1 Å². The number of hydrazone groups is 1. The number of nitrogens with zero attached hydrogens (tertiary/aromatic N) is 2. The van der Waals surface area contributed by atoms with E-state index >= 15 is 0 Å². The van der Waals surface area contributed by atoms with Crippen molar-refractivity contribution in [1.29, 1.82) is 0 Å². The van der Waals surface area contributed by atoms with Crippen LogP contribution in [0.5, 0.6) is 5.75 Å². The van der Waals surface area contributed by atoms with E-state index in [4.69, 9.17) is 4.42 Å². The lowest BCUT2D eigenvalue weighted by atomic mass is 9.78. The zero-order chi connectivity index (χ0) is 24.0. The summed E-state index contributed by atoms with van der Waals surface area (Å²) in [5.41, 5.74) is 3.96. The molecule has 0 unspecified atom stereocenters. The van der Waals surface area contributed by atoms with Crippen molar-refractivity contribution in [1.82, 2.24) is 10.3 Å². The zero-order valence-electron chi connectivity index (χ0n) is 19.5. The fourth-order valence-electron chi connectivity index (χ4n) is 4.17. The summed E-state index contributed by atoms with van der Waals surface area (Å²) in [6.07, 6.45) is 0. The highest BCUT2D eigenvalue weighted by Gasteiger charge is 2.34. The molecule has 7 nitrogen and oxygen atoms in total. The zero-order valence-corrected chi connectivity index (χ0v) is 19.5. The average molecular weight is 450 g/mol. The second-order valence-electron chi connectivity index (χ2n) is 8.05. The normalized spacial score (nSPS) is 13.8. The van der Waals surface area contributed by atoms with Crippen LogP contribution < -0.4 is 11.1 Å². The number of hydrogen-bond donors (Lipinski definition) is 2. The van der Waals surface area contributed by atoms with Crippen molar-refractivity contribution < 1.29 is 14.3 Å². The summed E-state index contributed by atoms with van der Waals surface area (Å²) in [4.78, 5) is 27.0. The highest BCUT2D eigenvalue weighted by atomic mass is 16.4. The standard InChI is InChI=1S/C26H31N3O4/c1-5-29(6-2)16-21(17(3)27-28-18(4)30)23(19-12-8-7-9-13-19)24-25(31)20-14-10-11-15-22(20)33-26(24)32/h7-15,21,23,31H,5-6,16H2,1-4H3,(H,28,30)/b27-17-/t21-,23+/m1/s1. The highest BCUT2D eigenvalue weighted by Crippen LogP contribution is 2.39. The second-order valence-corrected chi connectivity index (χ2v) is 8.05. The number of carbonyl (C=O) groups excluding carboxylic acids is 1. The van der Waals surface area contributed by atoms with Crippen molar-refractivity contribution in [2.75, 3.05) is 19.6 Å². The molecule has 0 bridgehead atoms. The predicted molar refractivity (Wildman–Crippen MR) is 131 cm³/mol. The summed E-state index contributed by atoms with van der Waals surface area (Å²) in [6.45, 7) is 9.56. The Morgan fingerprint density at radius 3 is 2.33 bits per heavy atom. The Kier molecular flexibility index (Phi) is 8.01. The Balaban J connectivity index is 2.28. The largest absolute Gasteiger partial charge is 0.507 e. The van der Waals surface area contributed by atoms with E-state index < -0.39 is 11.5 Å². The van der Waals surface area contributed by atoms with E-state index in [-0.39, 0.29) is 23.1 Å². The molecule has 3 aromatic rings. The number of hydrogen-bond acceptors (Lipinski definition) is 6. The van der Waals surface area contributed by atoms with Gasteiger partial charge in [-0.15, -0.1) is 0 Å². The molecule has 174 valence electrons. The summed E-state index contributed by atoms with van der Waals surface area (Å²) in [7, 11) is 0. The molecule has 0 saturated carbocycles. The summed E-state index contributed by atoms with van der Waals surface area (Å²) < 4.78 is 5.62. The van der Waals surface area contributed by atoms with Crippen LogP contribution in [0.1, 0.15) is 44.7 Å². The molecular weight excluding hydrogens is 418 g/mol. The van der Waals surface area contributed by atoms with Gasteiger partial charge in [0.05, 0.1) is 10.9 Å². The minimum Gasteiger partial charge on any atom is -0.507 e. The van der Waals surface area contributed by atoms with Crippen LogP contribution >= 0.6 is 0 Å². The lowest BCUT2D eigenvalue weighted by Crippen LogP contribution is -2.38. The van der Waals surface area contributed by atoms with Crippen LogP contribution in [0.15, 0.2) is 68.9 Å². The number of para-hydroxylation sites is 1. The first kappa shape index (κ1) is 24.2. The van der Waals surface area contributed by atoms with E-state index in [9.17, 15) is 14.7 Å². The fraction of sp³-hybridized carbons (Fsp3) is 0.346. The molecule has 33 heavy (non-hydrogen) atoms. The Morgan fingerprint density at radius 1 is 1.06 bits per heavy atom. The average Bonchev–Trinajstić information content (AvgIpc) is 2.82. The maximum Gasteiger partial charge on any atom is 0.343 e. The number of amides is 1. The third-order valence-corrected chi connectivity index (χ3v) is 5.97. The van der Waals surface area contributed by atoms with Crippen molar-refractivity contribution in [2.45, 2.75) is 33.6 Å². The topological polar surface area (TPSA) is 95.1 Å². The first-order valence-corrected chi connectivity index (χ1v) is 11.2.